The molecule has 3 heterocycles. The van der Waals surface area contributed by atoms with Crippen molar-refractivity contribution >= 4 is 28.9 Å². The molecule has 1 aromatic carbocycles. The Kier molecular flexibility index (Phi) is 11.8. The van der Waals surface area contributed by atoms with Gasteiger partial charge in [-0.25, -0.2) is 32.5 Å². The molecule has 1 aliphatic carbocycles. The summed E-state index contributed by atoms with van der Waals surface area (Å²) in [4.78, 5) is 35.8. The zero-order chi connectivity index (χ0) is 36.2. The molecule has 5 N–H and O–H groups in total. The van der Waals surface area contributed by atoms with Crippen molar-refractivity contribution in [1.82, 2.24) is 14.5 Å². The van der Waals surface area contributed by atoms with Crippen molar-refractivity contribution in [2.24, 2.45) is 5.73 Å². The number of hydrogen-bond donors (Lipinski definition) is 4. The van der Waals surface area contributed by atoms with Gasteiger partial charge in [-0.15, -0.1) is 0 Å². The lowest BCUT2D eigenvalue weighted by atomic mass is 9.86. The van der Waals surface area contributed by atoms with Crippen LogP contribution in [0.1, 0.15) is 41.8 Å². The lowest BCUT2D eigenvalue weighted by molar-refractivity contribution is -0.193. The predicted octanol–water partition coefficient (Wildman–Crippen LogP) is 5.29. The average molecular weight is 700 g/mol. The van der Waals surface area contributed by atoms with Crippen LogP contribution in [0.25, 0.3) is 11.0 Å². The minimum absolute atomic E-state index is 0.103. The maximum atomic E-state index is 14.2. The van der Waals surface area contributed by atoms with Crippen LogP contribution >= 0.6 is 0 Å². The van der Waals surface area contributed by atoms with Gasteiger partial charge in [0, 0.05) is 42.6 Å². The summed E-state index contributed by atoms with van der Waals surface area (Å²) < 4.78 is 138. The van der Waals surface area contributed by atoms with Crippen LogP contribution < -0.4 is 5.73 Å². The molecule has 1 saturated carbocycles. The van der Waals surface area contributed by atoms with Crippen LogP contribution in [0, 0.1) is 17.5 Å². The standard InChI is InChI=1S/C19H17F3N4.3C2HF3O2/c20-12-5-14(22)13(21)3-10(12)11-4-19-25-17-7-24-16(9-1-2-9)6-18(17)26(19)8-15(11)23;3*3-2(4,5)1(6)7/h3,5-7,9,11,15H,1-2,4,8,23H2;3*(H,6,7)/t11-,15+;;;/m1.../s1. The summed E-state index contributed by atoms with van der Waals surface area (Å²) in [5, 5.41) is 21.4. The van der Waals surface area contributed by atoms with Crippen LogP contribution in [0.4, 0.5) is 52.7 Å². The molecule has 0 unspecified atom stereocenters. The minimum Gasteiger partial charge on any atom is -0.475 e. The van der Waals surface area contributed by atoms with Crippen molar-refractivity contribution in [3.63, 3.8) is 0 Å². The number of carboxylic acids is 3. The molecule has 2 aromatic heterocycles. The average Bonchev–Trinajstić information content (AvgIpc) is 3.72. The fourth-order valence-electron chi connectivity index (χ4n) is 3.90. The second-order valence-corrected chi connectivity index (χ2v) is 9.68. The van der Waals surface area contributed by atoms with Crippen LogP contribution in [0.3, 0.4) is 0 Å². The van der Waals surface area contributed by atoms with Crippen LogP contribution in [0.2, 0.25) is 0 Å². The number of aromatic nitrogens is 3. The zero-order valence-corrected chi connectivity index (χ0v) is 22.9. The van der Waals surface area contributed by atoms with E-state index in [0.717, 1.165) is 41.5 Å². The molecule has 2 atom stereocenters. The minimum atomic E-state index is -5.08. The van der Waals surface area contributed by atoms with Crippen LogP contribution in [0.5, 0.6) is 0 Å². The summed E-state index contributed by atoms with van der Waals surface area (Å²) in [6.07, 6.45) is -10.8. The molecule has 1 aliphatic heterocycles. The van der Waals surface area contributed by atoms with Crippen molar-refractivity contribution in [2.75, 3.05) is 0 Å². The van der Waals surface area contributed by atoms with E-state index in [9.17, 15) is 52.7 Å². The zero-order valence-electron chi connectivity index (χ0n) is 22.9. The van der Waals surface area contributed by atoms with Gasteiger partial charge in [0.05, 0.1) is 11.7 Å². The quantitative estimate of drug-likeness (QED) is 0.205. The number of carbonyl (C=O) groups is 3. The van der Waals surface area contributed by atoms with E-state index in [4.69, 9.17) is 35.4 Å². The Labute approximate surface area is 253 Å². The largest absolute Gasteiger partial charge is 0.490 e. The second kappa shape index (κ2) is 14.4. The first-order valence-electron chi connectivity index (χ1n) is 12.5. The third kappa shape index (κ3) is 10.7. The molecule has 22 heteroatoms. The predicted molar refractivity (Wildman–Crippen MR) is 131 cm³/mol. The topological polar surface area (TPSA) is 169 Å². The Hall–Kier alpha value is -4.63. The molecule has 3 aromatic rings. The molecule has 2 aliphatic rings. The highest BCUT2D eigenvalue weighted by atomic mass is 19.4. The number of alkyl halides is 9. The SMILES string of the molecule is N[C@H]1Cn2c(nc3cnc(C4CC4)cc32)C[C@@H]1c1cc(F)c(F)cc1F.O=C(O)C(F)(F)F.O=C(O)C(F)(F)F.O=C(O)C(F)(F)F. The van der Waals surface area contributed by atoms with E-state index in [-0.39, 0.29) is 5.56 Å². The van der Waals surface area contributed by atoms with Gasteiger partial charge in [0.1, 0.15) is 17.2 Å². The fraction of sp³-hybridized carbons (Fsp3) is 0.400. The first-order valence-corrected chi connectivity index (χ1v) is 12.5. The Morgan fingerprint density at radius 3 is 1.64 bits per heavy atom. The highest BCUT2D eigenvalue weighted by Crippen LogP contribution is 2.40. The van der Waals surface area contributed by atoms with E-state index < -0.39 is 65.8 Å². The van der Waals surface area contributed by atoms with Gasteiger partial charge in [-0.05, 0) is 30.5 Å². The number of carboxylic acid groups (broad SMARTS) is 3. The van der Waals surface area contributed by atoms with E-state index in [0.29, 0.717) is 24.9 Å². The number of aliphatic carboxylic acids is 3. The van der Waals surface area contributed by atoms with Gasteiger partial charge in [0.25, 0.3) is 0 Å². The number of rotatable bonds is 2. The van der Waals surface area contributed by atoms with Gasteiger partial charge >= 0.3 is 36.4 Å². The van der Waals surface area contributed by atoms with Gasteiger partial charge in [-0.3, -0.25) is 4.98 Å². The summed E-state index contributed by atoms with van der Waals surface area (Å²) in [5.74, 6) is -10.4. The monoisotopic (exact) mass is 700 g/mol. The second-order valence-electron chi connectivity index (χ2n) is 9.68. The molecule has 10 nitrogen and oxygen atoms in total. The molecule has 1 fully saturated rings. The smallest absolute Gasteiger partial charge is 0.475 e. The van der Waals surface area contributed by atoms with Crippen LogP contribution in [0.15, 0.2) is 24.4 Å². The normalized spacial score (nSPS) is 17.6. The summed E-state index contributed by atoms with van der Waals surface area (Å²) in [6.45, 7) is 0.447. The Balaban J connectivity index is 0.000000301. The molecule has 0 bridgehead atoms. The first kappa shape index (κ1) is 38.6. The van der Waals surface area contributed by atoms with Gasteiger partial charge in [0.15, 0.2) is 11.6 Å². The van der Waals surface area contributed by atoms with Gasteiger partial charge in [-0.2, -0.15) is 39.5 Å². The van der Waals surface area contributed by atoms with E-state index in [1.165, 1.54) is 0 Å². The third-order valence-corrected chi connectivity index (χ3v) is 6.21. The number of nitrogens with two attached hydrogens (primary N) is 1. The Morgan fingerprint density at radius 2 is 1.21 bits per heavy atom. The number of hydrogen-bond acceptors (Lipinski definition) is 6. The molecule has 260 valence electrons. The number of benzene rings is 1. The van der Waals surface area contributed by atoms with E-state index in [2.05, 4.69) is 16.0 Å². The highest BCUT2D eigenvalue weighted by molar-refractivity contribution is 5.76. The number of nitrogens with zero attached hydrogens (tertiary/aromatic N) is 3. The molecule has 47 heavy (non-hydrogen) atoms. The highest BCUT2D eigenvalue weighted by Gasteiger charge is 2.39. The molecular weight excluding hydrogens is 680 g/mol. The van der Waals surface area contributed by atoms with Crippen molar-refractivity contribution in [3.05, 3.63) is 58.9 Å². The van der Waals surface area contributed by atoms with Crippen LogP contribution in [-0.4, -0.2) is 72.3 Å². The Bertz CT molecular complexity index is 1560. The van der Waals surface area contributed by atoms with E-state index in [1.807, 2.05) is 4.57 Å². The maximum Gasteiger partial charge on any atom is 0.490 e. The van der Waals surface area contributed by atoms with E-state index >= 15 is 0 Å². The summed E-state index contributed by atoms with van der Waals surface area (Å²) in [6, 6.07) is 3.15. The fourth-order valence-corrected chi connectivity index (χ4v) is 3.90. The summed E-state index contributed by atoms with van der Waals surface area (Å²) >= 11 is 0. The van der Waals surface area contributed by atoms with Crippen LogP contribution in [-0.2, 0) is 27.3 Å². The number of pyridine rings is 1. The van der Waals surface area contributed by atoms with E-state index in [1.54, 1.807) is 6.20 Å². The number of imidazole rings is 1. The molecule has 0 amide bonds. The Morgan fingerprint density at radius 1 is 0.766 bits per heavy atom. The lowest BCUT2D eigenvalue weighted by Crippen LogP contribution is -2.39. The van der Waals surface area contributed by atoms with Crippen molar-refractivity contribution in [3.8, 4) is 0 Å². The third-order valence-electron chi connectivity index (χ3n) is 6.21. The summed E-state index contributed by atoms with van der Waals surface area (Å²) in [5.41, 5.74) is 9.23. The van der Waals surface area contributed by atoms with Crippen molar-refractivity contribution in [2.45, 2.75) is 62.2 Å². The number of halogens is 12. The molecule has 5 rings (SSSR count). The summed E-state index contributed by atoms with van der Waals surface area (Å²) in [7, 11) is 0. The van der Waals surface area contributed by atoms with Crippen molar-refractivity contribution < 1.29 is 82.4 Å². The molecule has 0 radical (unpaired) electrons. The van der Waals surface area contributed by atoms with Crippen molar-refractivity contribution in [1.29, 1.82) is 0 Å². The maximum absolute atomic E-state index is 14.2. The molecular formula is C25H20F12N4O6. The van der Waals surface area contributed by atoms with Gasteiger partial charge in [0.2, 0.25) is 0 Å². The van der Waals surface area contributed by atoms with Gasteiger partial charge in [-0.1, -0.05) is 0 Å². The molecule has 0 saturated heterocycles. The molecule has 0 spiro atoms. The first-order chi connectivity index (χ1) is 21.3. The lowest BCUT2D eigenvalue weighted by Gasteiger charge is -2.30. The number of fused-ring (bicyclic) bond motifs is 3. The van der Waals surface area contributed by atoms with Gasteiger partial charge < -0.3 is 25.6 Å².